The van der Waals surface area contributed by atoms with Gasteiger partial charge in [-0.25, -0.2) is 0 Å². The molecule has 1 fully saturated rings. The van der Waals surface area contributed by atoms with Crippen LogP contribution in [0.4, 0.5) is 18.9 Å². The molecule has 0 saturated carbocycles. The Kier molecular flexibility index (Phi) is 4.47. The van der Waals surface area contributed by atoms with Crippen molar-refractivity contribution in [3.63, 3.8) is 0 Å². The van der Waals surface area contributed by atoms with Crippen LogP contribution in [0.2, 0.25) is 0 Å². The number of halogens is 3. The van der Waals surface area contributed by atoms with Crippen LogP contribution >= 0.6 is 11.8 Å². The molecule has 1 saturated heterocycles. The number of hydrogen-bond donors (Lipinski definition) is 2. The monoisotopic (exact) mass is 304 g/mol. The molecule has 1 aliphatic heterocycles. The van der Waals surface area contributed by atoms with Crippen LogP contribution < -0.4 is 11.1 Å². The zero-order valence-corrected chi connectivity index (χ0v) is 11.5. The molecule has 0 spiro atoms. The standard InChI is InChI=1S/C13H15F3N2OS/c14-13(15,16)10-5-9(1-2-11(10)17)12(19)18-6-8-3-4-20-7-8/h1-2,5,8H,3-4,6-7,17H2,(H,18,19). The first-order valence-corrected chi connectivity index (χ1v) is 7.36. The quantitative estimate of drug-likeness (QED) is 0.844. The summed E-state index contributed by atoms with van der Waals surface area (Å²) in [6, 6.07) is 3.22. The van der Waals surface area contributed by atoms with Gasteiger partial charge in [0.15, 0.2) is 0 Å². The minimum absolute atomic E-state index is 0.0165. The number of carbonyl (C=O) groups excluding carboxylic acids is 1. The summed E-state index contributed by atoms with van der Waals surface area (Å²) in [4.78, 5) is 11.9. The number of nitrogens with two attached hydrogens (primary N) is 1. The lowest BCUT2D eigenvalue weighted by molar-refractivity contribution is -0.136. The molecular weight excluding hydrogens is 289 g/mol. The maximum Gasteiger partial charge on any atom is 0.418 e. The number of hydrogen-bond acceptors (Lipinski definition) is 3. The van der Waals surface area contributed by atoms with E-state index in [-0.39, 0.29) is 11.3 Å². The van der Waals surface area contributed by atoms with Crippen LogP contribution in [-0.2, 0) is 6.18 Å². The summed E-state index contributed by atoms with van der Waals surface area (Å²) in [5.74, 6) is 1.96. The van der Waals surface area contributed by atoms with Crippen LogP contribution in [0.15, 0.2) is 18.2 Å². The Hall–Kier alpha value is -1.37. The van der Waals surface area contributed by atoms with Gasteiger partial charge < -0.3 is 11.1 Å². The van der Waals surface area contributed by atoms with Gasteiger partial charge in [-0.3, -0.25) is 4.79 Å². The zero-order valence-electron chi connectivity index (χ0n) is 10.7. The molecule has 1 heterocycles. The van der Waals surface area contributed by atoms with Crippen molar-refractivity contribution < 1.29 is 18.0 Å². The number of alkyl halides is 3. The maximum atomic E-state index is 12.7. The van der Waals surface area contributed by atoms with Crippen molar-refractivity contribution in [3.8, 4) is 0 Å². The molecular formula is C13H15F3N2OS. The fourth-order valence-electron chi connectivity index (χ4n) is 2.03. The highest BCUT2D eigenvalue weighted by Crippen LogP contribution is 2.34. The summed E-state index contributed by atoms with van der Waals surface area (Å²) in [6.45, 7) is 0.498. The molecule has 20 heavy (non-hydrogen) atoms. The molecule has 0 radical (unpaired) electrons. The zero-order chi connectivity index (χ0) is 14.8. The molecule has 110 valence electrons. The molecule has 1 aromatic rings. The minimum Gasteiger partial charge on any atom is -0.398 e. The largest absolute Gasteiger partial charge is 0.418 e. The second-order valence-corrected chi connectivity index (χ2v) is 5.89. The lowest BCUT2D eigenvalue weighted by Crippen LogP contribution is -2.29. The molecule has 7 heteroatoms. The number of benzene rings is 1. The van der Waals surface area contributed by atoms with E-state index in [1.807, 2.05) is 11.8 Å². The van der Waals surface area contributed by atoms with Crippen LogP contribution in [0, 0.1) is 5.92 Å². The van der Waals surface area contributed by atoms with E-state index < -0.39 is 17.6 Å². The van der Waals surface area contributed by atoms with Gasteiger partial charge in [0.25, 0.3) is 5.91 Å². The second kappa shape index (κ2) is 5.95. The summed E-state index contributed by atoms with van der Waals surface area (Å²) in [7, 11) is 0. The number of rotatable bonds is 3. The number of nitrogen functional groups attached to an aromatic ring is 1. The van der Waals surface area contributed by atoms with E-state index in [0.717, 1.165) is 30.1 Å². The first-order chi connectivity index (χ1) is 9.38. The summed E-state index contributed by atoms with van der Waals surface area (Å²) in [6.07, 6.45) is -3.52. The summed E-state index contributed by atoms with van der Waals surface area (Å²) >= 11 is 1.82. The van der Waals surface area contributed by atoms with Gasteiger partial charge in [-0.05, 0) is 42.0 Å². The van der Waals surface area contributed by atoms with E-state index in [1.165, 1.54) is 6.07 Å². The van der Waals surface area contributed by atoms with Crippen molar-refractivity contribution in [3.05, 3.63) is 29.3 Å². The highest BCUT2D eigenvalue weighted by atomic mass is 32.2. The number of anilines is 1. The fourth-order valence-corrected chi connectivity index (χ4v) is 3.31. The van der Waals surface area contributed by atoms with Crippen molar-refractivity contribution in [1.29, 1.82) is 0 Å². The summed E-state index contributed by atoms with van der Waals surface area (Å²) in [5.41, 5.74) is 3.93. The van der Waals surface area contributed by atoms with E-state index in [1.54, 1.807) is 0 Å². The Balaban J connectivity index is 2.06. The topological polar surface area (TPSA) is 55.1 Å². The first-order valence-electron chi connectivity index (χ1n) is 6.20. The first kappa shape index (κ1) is 15.0. The van der Waals surface area contributed by atoms with Crippen molar-refractivity contribution in [2.45, 2.75) is 12.6 Å². The van der Waals surface area contributed by atoms with Gasteiger partial charge in [0.2, 0.25) is 0 Å². The van der Waals surface area contributed by atoms with Gasteiger partial charge in [-0.2, -0.15) is 24.9 Å². The highest BCUT2D eigenvalue weighted by Gasteiger charge is 2.33. The molecule has 0 bridgehead atoms. The molecule has 0 aromatic heterocycles. The van der Waals surface area contributed by atoms with Crippen LogP contribution in [-0.4, -0.2) is 24.0 Å². The molecule has 0 aliphatic carbocycles. The molecule has 3 nitrogen and oxygen atoms in total. The van der Waals surface area contributed by atoms with E-state index in [9.17, 15) is 18.0 Å². The third kappa shape index (κ3) is 3.59. The van der Waals surface area contributed by atoms with Crippen LogP contribution in [0.5, 0.6) is 0 Å². The van der Waals surface area contributed by atoms with Gasteiger partial charge in [-0.15, -0.1) is 0 Å². The Morgan fingerprint density at radius 2 is 2.20 bits per heavy atom. The van der Waals surface area contributed by atoms with Gasteiger partial charge in [0, 0.05) is 17.8 Å². The number of thioether (sulfide) groups is 1. The molecule has 1 aliphatic rings. The third-order valence-corrected chi connectivity index (χ3v) is 4.43. The summed E-state index contributed by atoms with van der Waals surface area (Å²) < 4.78 is 38.1. The Bertz CT molecular complexity index is 499. The van der Waals surface area contributed by atoms with Crippen LogP contribution in [0.3, 0.4) is 0 Å². The predicted octanol–water partition coefficient (Wildman–Crippen LogP) is 2.77. The Labute approximate surface area is 119 Å². The smallest absolute Gasteiger partial charge is 0.398 e. The van der Waals surface area contributed by atoms with Crippen LogP contribution in [0.25, 0.3) is 0 Å². The van der Waals surface area contributed by atoms with Crippen molar-refractivity contribution >= 4 is 23.4 Å². The lowest BCUT2D eigenvalue weighted by atomic mass is 10.1. The Morgan fingerprint density at radius 1 is 1.45 bits per heavy atom. The molecule has 1 atom stereocenters. The fraction of sp³-hybridized carbons (Fsp3) is 0.462. The van der Waals surface area contributed by atoms with E-state index in [4.69, 9.17) is 5.73 Å². The average molecular weight is 304 g/mol. The predicted molar refractivity (Wildman–Crippen MR) is 73.6 cm³/mol. The average Bonchev–Trinajstić information content (AvgIpc) is 2.88. The van der Waals surface area contributed by atoms with Crippen LogP contribution in [0.1, 0.15) is 22.3 Å². The van der Waals surface area contributed by atoms with Crippen molar-refractivity contribution in [2.24, 2.45) is 5.92 Å². The maximum absolute atomic E-state index is 12.7. The van der Waals surface area contributed by atoms with Gasteiger partial charge >= 0.3 is 6.18 Å². The van der Waals surface area contributed by atoms with Gasteiger partial charge in [0.05, 0.1) is 5.56 Å². The molecule has 1 unspecified atom stereocenters. The number of carbonyl (C=O) groups is 1. The molecule has 2 rings (SSSR count). The van der Waals surface area contributed by atoms with Gasteiger partial charge in [0.1, 0.15) is 0 Å². The Morgan fingerprint density at radius 3 is 2.80 bits per heavy atom. The molecule has 3 N–H and O–H groups in total. The SMILES string of the molecule is Nc1ccc(C(=O)NCC2CCSC2)cc1C(F)(F)F. The second-order valence-electron chi connectivity index (χ2n) is 4.74. The van der Waals surface area contributed by atoms with E-state index in [2.05, 4.69) is 5.32 Å². The molecule has 1 amide bonds. The minimum atomic E-state index is -4.55. The van der Waals surface area contributed by atoms with E-state index >= 15 is 0 Å². The highest BCUT2D eigenvalue weighted by molar-refractivity contribution is 7.99. The summed E-state index contributed by atoms with van der Waals surface area (Å²) in [5, 5.41) is 2.68. The molecule has 1 aromatic carbocycles. The van der Waals surface area contributed by atoms with Crippen molar-refractivity contribution in [2.75, 3.05) is 23.8 Å². The number of amides is 1. The normalized spacial score (nSPS) is 19.1. The van der Waals surface area contributed by atoms with E-state index in [0.29, 0.717) is 12.5 Å². The lowest BCUT2D eigenvalue weighted by Gasteiger charge is -2.13. The third-order valence-electron chi connectivity index (χ3n) is 3.20. The van der Waals surface area contributed by atoms with Crippen molar-refractivity contribution in [1.82, 2.24) is 5.32 Å². The number of nitrogens with one attached hydrogen (secondary N) is 1. The van der Waals surface area contributed by atoms with Gasteiger partial charge in [-0.1, -0.05) is 0 Å².